The Morgan fingerprint density at radius 1 is 1.11 bits per heavy atom. The lowest BCUT2D eigenvalue weighted by Gasteiger charge is -2.30. The fraction of sp³-hybridized carbons (Fsp3) is 0.682. The van der Waals surface area contributed by atoms with Crippen LogP contribution in [-0.2, 0) is 11.3 Å². The topological polar surface area (TPSA) is 79.0 Å². The molecule has 0 aliphatic carbocycles. The molecule has 6 heteroatoms. The third-order valence-corrected chi connectivity index (χ3v) is 5.90. The van der Waals surface area contributed by atoms with Crippen molar-refractivity contribution in [3.63, 3.8) is 0 Å². The highest BCUT2D eigenvalue weighted by Crippen LogP contribution is 2.21. The Bertz CT molecular complexity index is 609. The summed E-state index contributed by atoms with van der Waals surface area (Å²) in [4.78, 5) is 16.0. The van der Waals surface area contributed by atoms with Crippen LogP contribution in [0.2, 0.25) is 0 Å². The number of benzene rings is 1. The number of carbonyl (C=O) groups is 1. The second kappa shape index (κ2) is 10.8. The fourth-order valence-electron chi connectivity index (χ4n) is 4.23. The molecule has 2 heterocycles. The van der Waals surface area contributed by atoms with Gasteiger partial charge in [-0.1, -0.05) is 25.0 Å². The molecule has 0 radical (unpaired) electrons. The minimum absolute atomic E-state index is 0.0246. The molecule has 2 aliphatic heterocycles. The Hall–Kier alpha value is -1.63. The van der Waals surface area contributed by atoms with Gasteiger partial charge in [0.25, 0.3) is 0 Å². The van der Waals surface area contributed by atoms with Crippen LogP contribution >= 0.6 is 0 Å². The van der Waals surface area contributed by atoms with Gasteiger partial charge in [-0.3, -0.25) is 9.69 Å². The predicted octanol–water partition coefficient (Wildman–Crippen LogP) is 2.00. The van der Waals surface area contributed by atoms with Gasteiger partial charge in [0.1, 0.15) is 18.5 Å². The van der Waals surface area contributed by atoms with Crippen molar-refractivity contribution in [1.82, 2.24) is 9.80 Å². The zero-order valence-electron chi connectivity index (χ0n) is 16.9. The third kappa shape index (κ3) is 6.76. The van der Waals surface area contributed by atoms with Crippen molar-refractivity contribution in [1.29, 1.82) is 0 Å². The molecule has 1 atom stereocenters. The molecule has 3 N–H and O–H groups in total. The Kier molecular flexibility index (Phi) is 8.13. The summed E-state index contributed by atoms with van der Waals surface area (Å²) in [7, 11) is 0. The van der Waals surface area contributed by atoms with E-state index in [9.17, 15) is 9.90 Å². The first-order chi connectivity index (χ1) is 13.6. The largest absolute Gasteiger partial charge is 0.491 e. The molecule has 0 unspecified atom stereocenters. The lowest BCUT2D eigenvalue weighted by atomic mass is 9.96. The number of β-amino-alcohol motifs (C(OH)–C–C–N with tert-alkyl or cyclic N) is 1. The summed E-state index contributed by atoms with van der Waals surface area (Å²) in [5.41, 5.74) is 6.60. The van der Waals surface area contributed by atoms with Gasteiger partial charge in [-0.15, -0.1) is 0 Å². The summed E-state index contributed by atoms with van der Waals surface area (Å²) in [6, 6.07) is 8.10. The summed E-state index contributed by atoms with van der Waals surface area (Å²) in [5, 5.41) is 10.3. The molecule has 156 valence electrons. The third-order valence-electron chi connectivity index (χ3n) is 5.90. The van der Waals surface area contributed by atoms with E-state index in [-0.39, 0.29) is 11.8 Å². The minimum atomic E-state index is -0.463. The monoisotopic (exact) mass is 389 g/mol. The van der Waals surface area contributed by atoms with E-state index in [0.717, 1.165) is 51.3 Å². The molecule has 1 aromatic rings. The first-order valence-corrected chi connectivity index (χ1v) is 10.7. The van der Waals surface area contributed by atoms with Crippen LogP contribution in [0.15, 0.2) is 24.3 Å². The van der Waals surface area contributed by atoms with Crippen molar-refractivity contribution < 1.29 is 14.6 Å². The Morgan fingerprint density at radius 2 is 1.82 bits per heavy atom. The second-order valence-corrected chi connectivity index (χ2v) is 8.28. The first-order valence-electron chi connectivity index (χ1n) is 10.7. The SMILES string of the molecule is NC(=O)C1CCN(Cc2cccc(OC[C@@H](O)CN3CCCCCC3)c2)CC1. The van der Waals surface area contributed by atoms with Crippen molar-refractivity contribution in [2.45, 2.75) is 51.2 Å². The van der Waals surface area contributed by atoms with Crippen molar-refractivity contribution in [2.24, 2.45) is 11.7 Å². The van der Waals surface area contributed by atoms with Crippen molar-refractivity contribution in [2.75, 3.05) is 39.3 Å². The van der Waals surface area contributed by atoms with E-state index in [1.54, 1.807) is 0 Å². The van der Waals surface area contributed by atoms with Gasteiger partial charge in [-0.05, 0) is 69.6 Å². The molecular weight excluding hydrogens is 354 g/mol. The number of nitrogens with two attached hydrogens (primary N) is 1. The maximum atomic E-state index is 11.3. The molecule has 28 heavy (non-hydrogen) atoms. The van der Waals surface area contributed by atoms with Crippen LogP contribution in [0, 0.1) is 5.92 Å². The van der Waals surface area contributed by atoms with Crippen LogP contribution in [0.5, 0.6) is 5.75 Å². The van der Waals surface area contributed by atoms with Crippen LogP contribution in [0.25, 0.3) is 0 Å². The van der Waals surface area contributed by atoms with Crippen LogP contribution in [-0.4, -0.2) is 66.2 Å². The van der Waals surface area contributed by atoms with Crippen LogP contribution in [0.3, 0.4) is 0 Å². The summed E-state index contributed by atoms with van der Waals surface area (Å²) in [6.45, 7) is 5.82. The number of hydrogen-bond donors (Lipinski definition) is 2. The van der Waals surface area contributed by atoms with Gasteiger partial charge in [-0.25, -0.2) is 0 Å². The molecule has 2 fully saturated rings. The summed E-state index contributed by atoms with van der Waals surface area (Å²) in [5.74, 6) is 0.657. The fourth-order valence-corrected chi connectivity index (χ4v) is 4.23. The summed E-state index contributed by atoms with van der Waals surface area (Å²) in [6.07, 6.45) is 6.28. The van der Waals surface area contributed by atoms with Gasteiger partial charge < -0.3 is 20.5 Å². The zero-order valence-corrected chi connectivity index (χ0v) is 16.9. The number of piperidine rings is 1. The van der Waals surface area contributed by atoms with E-state index in [2.05, 4.69) is 21.9 Å². The molecule has 0 bridgehead atoms. The highest BCUT2D eigenvalue weighted by atomic mass is 16.5. The number of aliphatic hydroxyl groups excluding tert-OH is 1. The number of likely N-dealkylation sites (tertiary alicyclic amines) is 2. The molecule has 1 aromatic carbocycles. The zero-order chi connectivity index (χ0) is 19.8. The van der Waals surface area contributed by atoms with Gasteiger partial charge in [0.15, 0.2) is 0 Å². The van der Waals surface area contributed by atoms with E-state index in [4.69, 9.17) is 10.5 Å². The first kappa shape index (κ1) is 21.1. The molecular formula is C22H35N3O3. The van der Waals surface area contributed by atoms with Gasteiger partial charge in [-0.2, -0.15) is 0 Å². The number of primary amides is 1. The van der Waals surface area contributed by atoms with Gasteiger partial charge in [0.2, 0.25) is 5.91 Å². The lowest BCUT2D eigenvalue weighted by molar-refractivity contribution is -0.123. The molecule has 6 nitrogen and oxygen atoms in total. The average molecular weight is 390 g/mol. The quantitative estimate of drug-likeness (QED) is 0.711. The van der Waals surface area contributed by atoms with E-state index < -0.39 is 6.10 Å². The molecule has 1 amide bonds. The van der Waals surface area contributed by atoms with Crippen molar-refractivity contribution >= 4 is 5.91 Å². The number of aliphatic hydroxyl groups is 1. The smallest absolute Gasteiger partial charge is 0.220 e. The number of carbonyl (C=O) groups excluding carboxylic acids is 1. The highest BCUT2D eigenvalue weighted by Gasteiger charge is 2.23. The molecule has 3 rings (SSSR count). The van der Waals surface area contributed by atoms with E-state index in [0.29, 0.717) is 13.2 Å². The Labute approximate surface area is 168 Å². The molecule has 2 aliphatic rings. The number of nitrogens with zero attached hydrogens (tertiary/aromatic N) is 2. The highest BCUT2D eigenvalue weighted by molar-refractivity contribution is 5.76. The van der Waals surface area contributed by atoms with E-state index in [1.165, 1.54) is 31.2 Å². The standard InChI is InChI=1S/C22H35N3O3/c23-22(27)19-8-12-25(13-9-19)15-18-6-5-7-21(14-18)28-17-20(26)16-24-10-3-1-2-4-11-24/h5-7,14,19-20,26H,1-4,8-13,15-17H2,(H2,23,27)/t20-/m0/s1. The van der Waals surface area contributed by atoms with Gasteiger partial charge >= 0.3 is 0 Å². The van der Waals surface area contributed by atoms with E-state index in [1.807, 2.05) is 12.1 Å². The molecule has 0 aromatic heterocycles. The molecule has 0 spiro atoms. The normalized spacial score (nSPS) is 21.2. The Morgan fingerprint density at radius 3 is 2.50 bits per heavy atom. The van der Waals surface area contributed by atoms with Crippen LogP contribution in [0.4, 0.5) is 0 Å². The Balaban J connectivity index is 1.42. The lowest BCUT2D eigenvalue weighted by Crippen LogP contribution is -2.38. The van der Waals surface area contributed by atoms with Crippen molar-refractivity contribution in [3.8, 4) is 5.75 Å². The number of rotatable bonds is 8. The predicted molar refractivity (Wildman–Crippen MR) is 110 cm³/mol. The van der Waals surface area contributed by atoms with Crippen LogP contribution < -0.4 is 10.5 Å². The maximum absolute atomic E-state index is 11.3. The average Bonchev–Trinajstić information content (AvgIpc) is 2.96. The van der Waals surface area contributed by atoms with Crippen LogP contribution in [0.1, 0.15) is 44.1 Å². The molecule has 0 saturated carbocycles. The van der Waals surface area contributed by atoms with Crippen molar-refractivity contribution in [3.05, 3.63) is 29.8 Å². The summed E-state index contributed by atoms with van der Waals surface area (Å²) >= 11 is 0. The molecule has 2 saturated heterocycles. The van der Waals surface area contributed by atoms with Gasteiger partial charge in [0.05, 0.1) is 0 Å². The maximum Gasteiger partial charge on any atom is 0.220 e. The number of ether oxygens (including phenoxy) is 1. The number of amides is 1. The minimum Gasteiger partial charge on any atom is -0.491 e. The second-order valence-electron chi connectivity index (χ2n) is 8.28. The van der Waals surface area contributed by atoms with E-state index >= 15 is 0 Å². The van der Waals surface area contributed by atoms with Gasteiger partial charge in [0, 0.05) is 19.0 Å². The summed E-state index contributed by atoms with van der Waals surface area (Å²) < 4.78 is 5.86. The number of hydrogen-bond acceptors (Lipinski definition) is 5.